The third kappa shape index (κ3) is 3.09. The third-order valence-corrected chi connectivity index (χ3v) is 7.22. The molecule has 0 saturated carbocycles. The Balaban J connectivity index is 1.71. The summed E-state index contributed by atoms with van der Waals surface area (Å²) in [6, 6.07) is 0. The van der Waals surface area contributed by atoms with E-state index in [0.717, 1.165) is 23.4 Å². The molecule has 0 N–H and O–H groups in total. The number of rotatable bonds is 5. The van der Waals surface area contributed by atoms with Gasteiger partial charge in [0.1, 0.15) is 5.76 Å². The molecule has 134 valence electrons. The molecule has 2 saturated heterocycles. The molecule has 0 aliphatic carbocycles. The molecule has 1 aromatic rings. The topological polar surface area (TPSA) is 83.7 Å². The number of sulfonamides is 1. The molecule has 8 heteroatoms. The van der Waals surface area contributed by atoms with Gasteiger partial charge < -0.3 is 9.42 Å². The van der Waals surface area contributed by atoms with Gasteiger partial charge in [-0.15, -0.1) is 0 Å². The number of hydrogen-bond donors (Lipinski definition) is 0. The lowest BCUT2D eigenvalue weighted by Gasteiger charge is -2.24. The van der Waals surface area contributed by atoms with Crippen LogP contribution in [-0.2, 0) is 21.4 Å². The Morgan fingerprint density at radius 1 is 1.29 bits per heavy atom. The van der Waals surface area contributed by atoms with Crippen molar-refractivity contribution in [2.24, 2.45) is 5.41 Å². The predicted molar refractivity (Wildman–Crippen MR) is 88.7 cm³/mol. The summed E-state index contributed by atoms with van der Waals surface area (Å²) in [5.41, 5.74) is 1.52. The molecule has 2 fully saturated rings. The lowest BCUT2D eigenvalue weighted by Crippen LogP contribution is -2.35. The summed E-state index contributed by atoms with van der Waals surface area (Å²) in [5.74, 6) is 1.00. The lowest BCUT2D eigenvalue weighted by molar-refractivity contribution is -0.128. The van der Waals surface area contributed by atoms with E-state index in [9.17, 15) is 13.2 Å². The highest BCUT2D eigenvalue weighted by atomic mass is 32.2. The van der Waals surface area contributed by atoms with E-state index in [1.54, 1.807) is 4.31 Å². The zero-order chi connectivity index (χ0) is 17.5. The average Bonchev–Trinajstić information content (AvgIpc) is 3.15. The van der Waals surface area contributed by atoms with Gasteiger partial charge in [0.15, 0.2) is 0 Å². The fraction of sp³-hybridized carbons (Fsp3) is 0.750. The van der Waals surface area contributed by atoms with Gasteiger partial charge in [0.2, 0.25) is 15.9 Å². The van der Waals surface area contributed by atoms with Crippen molar-refractivity contribution in [3.05, 3.63) is 17.0 Å². The Labute approximate surface area is 143 Å². The minimum absolute atomic E-state index is 0.0877. The van der Waals surface area contributed by atoms with Gasteiger partial charge in [-0.05, 0) is 26.7 Å². The number of carbonyl (C=O) groups is 1. The molecule has 2 aliphatic rings. The van der Waals surface area contributed by atoms with Gasteiger partial charge in [-0.3, -0.25) is 4.79 Å². The highest BCUT2D eigenvalue weighted by Gasteiger charge is 2.49. The van der Waals surface area contributed by atoms with Crippen molar-refractivity contribution in [3.8, 4) is 0 Å². The maximum atomic E-state index is 12.5. The average molecular weight is 355 g/mol. The van der Waals surface area contributed by atoms with Crippen LogP contribution in [0.4, 0.5) is 0 Å². The normalized spacial score (nSPS) is 25.3. The number of likely N-dealkylation sites (tertiary alicyclic amines) is 1. The second-order valence-corrected chi connectivity index (χ2v) is 9.22. The molecule has 0 radical (unpaired) electrons. The van der Waals surface area contributed by atoms with Gasteiger partial charge in [0.25, 0.3) is 0 Å². The highest BCUT2D eigenvalue weighted by Crippen LogP contribution is 2.41. The Morgan fingerprint density at radius 2 is 2.04 bits per heavy atom. The summed E-state index contributed by atoms with van der Waals surface area (Å²) in [4.78, 5) is 14.3. The summed E-state index contributed by atoms with van der Waals surface area (Å²) in [7, 11) is -3.19. The molecule has 1 spiro atoms. The van der Waals surface area contributed by atoms with E-state index in [1.165, 1.54) is 0 Å². The van der Waals surface area contributed by atoms with Crippen LogP contribution in [0.3, 0.4) is 0 Å². The Hall–Kier alpha value is -1.41. The molecule has 3 rings (SSSR count). The summed E-state index contributed by atoms with van der Waals surface area (Å²) in [6.45, 7) is 7.66. The van der Waals surface area contributed by atoms with Crippen LogP contribution in [0.5, 0.6) is 0 Å². The first-order chi connectivity index (χ1) is 11.3. The van der Waals surface area contributed by atoms with Crippen LogP contribution in [0.2, 0.25) is 0 Å². The highest BCUT2D eigenvalue weighted by molar-refractivity contribution is 7.89. The lowest BCUT2D eigenvalue weighted by atomic mass is 9.86. The Kier molecular flexibility index (Phi) is 4.46. The fourth-order valence-electron chi connectivity index (χ4n) is 3.84. The molecule has 7 nitrogen and oxygen atoms in total. The molecule has 0 aromatic carbocycles. The molecule has 1 unspecified atom stereocenters. The largest absolute Gasteiger partial charge is 0.361 e. The monoisotopic (exact) mass is 355 g/mol. The second-order valence-electron chi connectivity index (χ2n) is 7.13. The first-order valence-electron chi connectivity index (χ1n) is 8.44. The van der Waals surface area contributed by atoms with Crippen molar-refractivity contribution in [1.29, 1.82) is 0 Å². The molecule has 24 heavy (non-hydrogen) atoms. The van der Waals surface area contributed by atoms with Crippen LogP contribution in [0.25, 0.3) is 0 Å². The number of nitrogens with zero attached hydrogens (tertiary/aromatic N) is 3. The minimum atomic E-state index is -3.19. The van der Waals surface area contributed by atoms with Crippen LogP contribution in [0.15, 0.2) is 4.52 Å². The first kappa shape index (κ1) is 17.4. The van der Waals surface area contributed by atoms with Gasteiger partial charge in [-0.25, -0.2) is 12.7 Å². The fourth-order valence-corrected chi connectivity index (χ4v) is 5.45. The van der Waals surface area contributed by atoms with Gasteiger partial charge in [0.05, 0.1) is 18.0 Å². The summed E-state index contributed by atoms with van der Waals surface area (Å²) in [5, 5.41) is 3.94. The molecule has 1 atom stereocenters. The molecule has 3 heterocycles. The van der Waals surface area contributed by atoms with E-state index in [1.807, 2.05) is 25.7 Å². The Morgan fingerprint density at radius 3 is 2.67 bits per heavy atom. The van der Waals surface area contributed by atoms with E-state index in [-0.39, 0.29) is 17.1 Å². The Bertz CT molecular complexity index is 723. The second kappa shape index (κ2) is 6.15. The maximum Gasteiger partial charge on any atom is 0.223 e. The summed E-state index contributed by atoms with van der Waals surface area (Å²) < 4.78 is 31.3. The van der Waals surface area contributed by atoms with E-state index < -0.39 is 10.0 Å². The van der Waals surface area contributed by atoms with E-state index >= 15 is 0 Å². The standard InChI is InChI=1S/C16H25N3O4S/c1-4-7-24(21,22)19-6-5-16(11-19)8-15(20)18(10-16)9-14-12(2)17-23-13(14)3/h4-11H2,1-3H3. The van der Waals surface area contributed by atoms with Crippen LogP contribution in [0.1, 0.15) is 43.2 Å². The smallest absolute Gasteiger partial charge is 0.223 e. The SMILES string of the molecule is CCCS(=O)(=O)N1CCC2(CC(=O)N(Cc3c(C)noc3C)C2)C1. The summed E-state index contributed by atoms with van der Waals surface area (Å²) >= 11 is 0. The predicted octanol–water partition coefficient (Wildman–Crippen LogP) is 1.46. The number of aryl methyl sites for hydroxylation is 2. The molecule has 1 aromatic heterocycles. The minimum Gasteiger partial charge on any atom is -0.361 e. The van der Waals surface area contributed by atoms with Crippen molar-refractivity contribution < 1.29 is 17.7 Å². The van der Waals surface area contributed by atoms with Gasteiger partial charge in [-0.2, -0.15) is 0 Å². The van der Waals surface area contributed by atoms with Gasteiger partial charge in [-0.1, -0.05) is 12.1 Å². The zero-order valence-corrected chi connectivity index (χ0v) is 15.4. The van der Waals surface area contributed by atoms with Crippen molar-refractivity contribution in [1.82, 2.24) is 14.4 Å². The quantitative estimate of drug-likeness (QED) is 0.798. The van der Waals surface area contributed by atoms with Crippen molar-refractivity contribution in [2.75, 3.05) is 25.4 Å². The van der Waals surface area contributed by atoms with Crippen LogP contribution in [-0.4, -0.2) is 54.1 Å². The molecule has 2 aliphatic heterocycles. The van der Waals surface area contributed by atoms with E-state index in [0.29, 0.717) is 39.0 Å². The van der Waals surface area contributed by atoms with Crippen LogP contribution < -0.4 is 0 Å². The van der Waals surface area contributed by atoms with Crippen molar-refractivity contribution in [3.63, 3.8) is 0 Å². The summed E-state index contributed by atoms with van der Waals surface area (Å²) in [6.07, 6.45) is 1.79. The van der Waals surface area contributed by atoms with E-state index in [2.05, 4.69) is 5.16 Å². The first-order valence-corrected chi connectivity index (χ1v) is 10.0. The zero-order valence-electron chi connectivity index (χ0n) is 14.5. The maximum absolute atomic E-state index is 12.5. The molecule has 0 bridgehead atoms. The van der Waals surface area contributed by atoms with Gasteiger partial charge in [0, 0.05) is 37.0 Å². The van der Waals surface area contributed by atoms with E-state index in [4.69, 9.17) is 4.52 Å². The van der Waals surface area contributed by atoms with Crippen molar-refractivity contribution in [2.45, 2.75) is 46.6 Å². The number of aromatic nitrogens is 1. The molecular formula is C16H25N3O4S. The van der Waals surface area contributed by atoms with Crippen LogP contribution in [0, 0.1) is 19.3 Å². The third-order valence-electron chi connectivity index (χ3n) is 5.19. The van der Waals surface area contributed by atoms with Gasteiger partial charge >= 0.3 is 0 Å². The number of amides is 1. The molecular weight excluding hydrogens is 330 g/mol. The molecule has 1 amide bonds. The van der Waals surface area contributed by atoms with Crippen molar-refractivity contribution >= 4 is 15.9 Å². The van der Waals surface area contributed by atoms with Crippen LogP contribution >= 0.6 is 0 Å². The number of carbonyl (C=O) groups excluding carboxylic acids is 1. The number of hydrogen-bond acceptors (Lipinski definition) is 5.